The molecule has 0 aliphatic carbocycles. The molecule has 19 heavy (non-hydrogen) atoms. The van der Waals surface area contributed by atoms with Crippen LogP contribution < -0.4 is 5.32 Å². The molecule has 1 aromatic heterocycles. The van der Waals surface area contributed by atoms with Gasteiger partial charge in [0.1, 0.15) is 0 Å². The maximum atomic E-state index is 4.41. The van der Waals surface area contributed by atoms with Gasteiger partial charge < -0.3 is 5.32 Å². The van der Waals surface area contributed by atoms with E-state index in [0.29, 0.717) is 0 Å². The molecule has 0 saturated carbocycles. The molecule has 2 aromatic rings. The average molecular weight is 257 g/mol. The molecule has 0 amide bonds. The van der Waals surface area contributed by atoms with E-state index in [4.69, 9.17) is 0 Å². The highest BCUT2D eigenvalue weighted by atomic mass is 15.3. The average Bonchev–Trinajstić information content (AvgIpc) is 2.77. The minimum absolute atomic E-state index is 0.138. The second kappa shape index (κ2) is 5.57. The summed E-state index contributed by atoms with van der Waals surface area (Å²) < 4.78 is 1.99. The molecule has 3 heteroatoms. The van der Waals surface area contributed by atoms with Crippen LogP contribution in [0.3, 0.4) is 0 Å². The summed E-state index contributed by atoms with van der Waals surface area (Å²) in [6, 6.07) is 8.59. The highest BCUT2D eigenvalue weighted by Crippen LogP contribution is 2.07. The maximum absolute atomic E-state index is 4.41. The minimum Gasteiger partial charge on any atom is -0.308 e. The lowest BCUT2D eigenvalue weighted by atomic mass is 10.1. The smallest absolute Gasteiger partial charge is 0.0659 e. The Labute approximate surface area is 115 Å². The monoisotopic (exact) mass is 257 g/mol. The molecule has 1 N–H and O–H groups in total. The van der Waals surface area contributed by atoms with Crippen LogP contribution in [0.2, 0.25) is 0 Å². The molecule has 0 fully saturated rings. The first-order valence-electron chi connectivity index (χ1n) is 6.74. The van der Waals surface area contributed by atoms with Crippen LogP contribution in [0.15, 0.2) is 36.7 Å². The lowest BCUT2D eigenvalue weighted by Crippen LogP contribution is -2.34. The molecule has 0 atom stereocenters. The van der Waals surface area contributed by atoms with Crippen LogP contribution in [-0.2, 0) is 13.1 Å². The quantitative estimate of drug-likeness (QED) is 0.912. The Balaban J connectivity index is 1.95. The lowest BCUT2D eigenvalue weighted by Gasteiger charge is -2.19. The summed E-state index contributed by atoms with van der Waals surface area (Å²) in [7, 11) is 0. The zero-order chi connectivity index (χ0) is 13.9. The van der Waals surface area contributed by atoms with E-state index in [2.05, 4.69) is 68.6 Å². The third kappa shape index (κ3) is 4.52. The lowest BCUT2D eigenvalue weighted by molar-refractivity contribution is 0.424. The molecular formula is C16H23N3. The van der Waals surface area contributed by atoms with Crippen LogP contribution in [0, 0.1) is 6.92 Å². The van der Waals surface area contributed by atoms with Gasteiger partial charge >= 0.3 is 0 Å². The zero-order valence-electron chi connectivity index (χ0n) is 12.3. The first-order valence-corrected chi connectivity index (χ1v) is 6.74. The van der Waals surface area contributed by atoms with E-state index in [1.807, 2.05) is 10.9 Å². The van der Waals surface area contributed by atoms with Crippen molar-refractivity contribution >= 4 is 0 Å². The molecule has 0 aliphatic rings. The molecule has 2 rings (SSSR count). The van der Waals surface area contributed by atoms with Gasteiger partial charge in [0.2, 0.25) is 0 Å². The van der Waals surface area contributed by atoms with Gasteiger partial charge in [-0.15, -0.1) is 0 Å². The molecule has 0 spiro atoms. The first kappa shape index (κ1) is 13.8. The second-order valence-electron chi connectivity index (χ2n) is 6.14. The van der Waals surface area contributed by atoms with E-state index in [1.54, 1.807) is 0 Å². The van der Waals surface area contributed by atoms with E-state index >= 15 is 0 Å². The van der Waals surface area contributed by atoms with E-state index in [0.717, 1.165) is 13.1 Å². The van der Waals surface area contributed by atoms with Crippen LogP contribution in [0.25, 0.3) is 0 Å². The van der Waals surface area contributed by atoms with E-state index in [-0.39, 0.29) is 5.54 Å². The van der Waals surface area contributed by atoms with Crippen molar-refractivity contribution in [3.05, 3.63) is 53.3 Å². The van der Waals surface area contributed by atoms with Gasteiger partial charge in [0.05, 0.1) is 12.7 Å². The Morgan fingerprint density at radius 3 is 2.42 bits per heavy atom. The number of nitrogens with one attached hydrogen (secondary N) is 1. The van der Waals surface area contributed by atoms with Gasteiger partial charge in [0.15, 0.2) is 0 Å². The van der Waals surface area contributed by atoms with Gasteiger partial charge in [-0.25, -0.2) is 0 Å². The zero-order valence-corrected chi connectivity index (χ0v) is 12.3. The molecule has 1 heterocycles. The van der Waals surface area contributed by atoms with Crippen molar-refractivity contribution in [2.45, 2.75) is 46.3 Å². The van der Waals surface area contributed by atoms with Gasteiger partial charge in [-0.3, -0.25) is 4.68 Å². The van der Waals surface area contributed by atoms with Crippen molar-refractivity contribution < 1.29 is 0 Å². The summed E-state index contributed by atoms with van der Waals surface area (Å²) in [6.45, 7) is 10.3. The topological polar surface area (TPSA) is 29.9 Å². The molecule has 0 aliphatic heterocycles. The largest absolute Gasteiger partial charge is 0.308 e. The Morgan fingerprint density at radius 2 is 1.79 bits per heavy atom. The van der Waals surface area contributed by atoms with Crippen molar-refractivity contribution in [1.82, 2.24) is 15.1 Å². The summed E-state index contributed by atoms with van der Waals surface area (Å²) in [6.07, 6.45) is 4.05. The SMILES string of the molecule is Cc1ccc(Cn2cc(CNC(C)(C)C)cn2)cc1. The fourth-order valence-electron chi connectivity index (χ4n) is 1.83. The van der Waals surface area contributed by atoms with Gasteiger partial charge in [-0.1, -0.05) is 29.8 Å². The number of hydrogen-bond donors (Lipinski definition) is 1. The standard InChI is InChI=1S/C16H23N3/c1-13-5-7-14(8-6-13)11-19-12-15(10-18-19)9-17-16(2,3)4/h5-8,10,12,17H,9,11H2,1-4H3. The number of nitrogens with zero attached hydrogens (tertiary/aromatic N) is 2. The summed E-state index contributed by atoms with van der Waals surface area (Å²) in [5.74, 6) is 0. The fraction of sp³-hybridized carbons (Fsp3) is 0.438. The number of aromatic nitrogens is 2. The number of rotatable bonds is 4. The van der Waals surface area contributed by atoms with Crippen molar-refractivity contribution in [3.8, 4) is 0 Å². The molecule has 1 aromatic carbocycles. The Hall–Kier alpha value is -1.61. The van der Waals surface area contributed by atoms with Gasteiger partial charge in [-0.2, -0.15) is 5.10 Å². The van der Waals surface area contributed by atoms with Gasteiger partial charge in [0, 0.05) is 23.8 Å². The van der Waals surface area contributed by atoms with Crippen LogP contribution >= 0.6 is 0 Å². The third-order valence-corrected chi connectivity index (χ3v) is 2.97. The predicted molar refractivity (Wildman–Crippen MR) is 79.1 cm³/mol. The fourth-order valence-corrected chi connectivity index (χ4v) is 1.83. The molecule has 0 unspecified atom stereocenters. The molecule has 0 saturated heterocycles. The van der Waals surface area contributed by atoms with Crippen LogP contribution in [0.4, 0.5) is 0 Å². The van der Waals surface area contributed by atoms with E-state index in [1.165, 1.54) is 16.7 Å². The third-order valence-electron chi connectivity index (χ3n) is 2.97. The summed E-state index contributed by atoms with van der Waals surface area (Å²) in [5.41, 5.74) is 3.93. The minimum atomic E-state index is 0.138. The summed E-state index contributed by atoms with van der Waals surface area (Å²) in [4.78, 5) is 0. The van der Waals surface area contributed by atoms with Gasteiger partial charge in [0.25, 0.3) is 0 Å². The van der Waals surface area contributed by atoms with Gasteiger partial charge in [-0.05, 0) is 33.3 Å². The Morgan fingerprint density at radius 1 is 1.11 bits per heavy atom. The normalized spacial score (nSPS) is 11.8. The van der Waals surface area contributed by atoms with E-state index < -0.39 is 0 Å². The predicted octanol–water partition coefficient (Wildman–Crippen LogP) is 3.13. The Bertz CT molecular complexity index is 518. The van der Waals surface area contributed by atoms with Crippen LogP contribution in [0.1, 0.15) is 37.5 Å². The Kier molecular flexibility index (Phi) is 4.05. The summed E-state index contributed by atoms with van der Waals surface area (Å²) in [5, 5.41) is 7.88. The number of aryl methyl sites for hydroxylation is 1. The van der Waals surface area contributed by atoms with Crippen LogP contribution in [-0.4, -0.2) is 15.3 Å². The number of benzene rings is 1. The molecule has 3 nitrogen and oxygen atoms in total. The highest BCUT2D eigenvalue weighted by molar-refractivity contribution is 5.21. The van der Waals surface area contributed by atoms with Crippen molar-refractivity contribution in [2.24, 2.45) is 0 Å². The molecule has 0 bridgehead atoms. The maximum Gasteiger partial charge on any atom is 0.0659 e. The first-order chi connectivity index (χ1) is 8.92. The second-order valence-corrected chi connectivity index (χ2v) is 6.14. The van der Waals surface area contributed by atoms with Crippen LogP contribution in [0.5, 0.6) is 0 Å². The highest BCUT2D eigenvalue weighted by Gasteiger charge is 2.09. The number of hydrogen-bond acceptors (Lipinski definition) is 2. The molecular weight excluding hydrogens is 234 g/mol. The molecule has 102 valence electrons. The summed E-state index contributed by atoms with van der Waals surface area (Å²) >= 11 is 0. The van der Waals surface area contributed by atoms with E-state index in [9.17, 15) is 0 Å². The van der Waals surface area contributed by atoms with Crippen molar-refractivity contribution in [2.75, 3.05) is 0 Å². The van der Waals surface area contributed by atoms with Crippen molar-refractivity contribution in [1.29, 1.82) is 0 Å². The molecule has 0 radical (unpaired) electrons. The van der Waals surface area contributed by atoms with Crippen molar-refractivity contribution in [3.63, 3.8) is 0 Å².